The SMILES string of the molecule is COc1cccc(CNc2ccc(-c3ccc(Br)cc3)o2)c1. The summed E-state index contributed by atoms with van der Waals surface area (Å²) in [5.74, 6) is 2.45. The highest BCUT2D eigenvalue weighted by Crippen LogP contribution is 2.26. The molecule has 3 aromatic rings. The van der Waals surface area contributed by atoms with Crippen LogP contribution in [0.15, 0.2) is 69.6 Å². The molecule has 0 aliphatic rings. The molecule has 0 saturated carbocycles. The summed E-state index contributed by atoms with van der Waals surface area (Å²) >= 11 is 3.43. The summed E-state index contributed by atoms with van der Waals surface area (Å²) in [5.41, 5.74) is 2.19. The van der Waals surface area contributed by atoms with Crippen molar-refractivity contribution >= 4 is 21.8 Å². The summed E-state index contributed by atoms with van der Waals surface area (Å²) in [7, 11) is 1.67. The molecule has 0 unspecified atom stereocenters. The Hall–Kier alpha value is -2.20. The molecule has 0 radical (unpaired) electrons. The quantitative estimate of drug-likeness (QED) is 0.669. The number of hydrogen-bond donors (Lipinski definition) is 1. The monoisotopic (exact) mass is 357 g/mol. The van der Waals surface area contributed by atoms with E-state index >= 15 is 0 Å². The lowest BCUT2D eigenvalue weighted by molar-refractivity contribution is 0.414. The minimum Gasteiger partial charge on any atom is -0.497 e. The molecule has 0 aliphatic heterocycles. The first-order valence-corrected chi connectivity index (χ1v) is 7.76. The van der Waals surface area contributed by atoms with Gasteiger partial charge in [0.15, 0.2) is 5.88 Å². The van der Waals surface area contributed by atoms with Crippen LogP contribution in [0.2, 0.25) is 0 Å². The van der Waals surface area contributed by atoms with Crippen LogP contribution in [0.1, 0.15) is 5.56 Å². The van der Waals surface area contributed by atoms with Crippen molar-refractivity contribution < 1.29 is 9.15 Å². The normalized spacial score (nSPS) is 10.5. The molecule has 3 rings (SSSR count). The zero-order valence-electron chi connectivity index (χ0n) is 12.2. The van der Waals surface area contributed by atoms with E-state index in [9.17, 15) is 0 Å². The Balaban J connectivity index is 1.67. The van der Waals surface area contributed by atoms with Gasteiger partial charge in [-0.25, -0.2) is 0 Å². The van der Waals surface area contributed by atoms with Gasteiger partial charge in [-0.2, -0.15) is 0 Å². The Morgan fingerprint density at radius 3 is 2.64 bits per heavy atom. The van der Waals surface area contributed by atoms with Gasteiger partial charge >= 0.3 is 0 Å². The molecule has 0 saturated heterocycles. The van der Waals surface area contributed by atoms with Crippen molar-refractivity contribution in [2.75, 3.05) is 12.4 Å². The molecule has 22 heavy (non-hydrogen) atoms. The molecule has 0 spiro atoms. The lowest BCUT2D eigenvalue weighted by atomic mass is 10.2. The first-order chi connectivity index (χ1) is 10.7. The van der Waals surface area contributed by atoms with Gasteiger partial charge in [0.05, 0.1) is 7.11 Å². The molecule has 2 aromatic carbocycles. The van der Waals surface area contributed by atoms with Crippen molar-refractivity contribution in [1.29, 1.82) is 0 Å². The Labute approximate surface area is 138 Å². The minimum atomic E-state index is 0.685. The van der Waals surface area contributed by atoms with E-state index in [4.69, 9.17) is 9.15 Å². The number of methoxy groups -OCH3 is 1. The first-order valence-electron chi connectivity index (χ1n) is 6.97. The molecule has 0 amide bonds. The van der Waals surface area contributed by atoms with Crippen molar-refractivity contribution in [2.24, 2.45) is 0 Å². The van der Waals surface area contributed by atoms with Crippen molar-refractivity contribution in [3.63, 3.8) is 0 Å². The average Bonchev–Trinajstić information content (AvgIpc) is 3.03. The number of furan rings is 1. The Kier molecular flexibility index (Phi) is 4.49. The largest absolute Gasteiger partial charge is 0.497 e. The lowest BCUT2D eigenvalue weighted by Crippen LogP contribution is -1.98. The van der Waals surface area contributed by atoms with Gasteiger partial charge in [-0.3, -0.25) is 0 Å². The minimum absolute atomic E-state index is 0.685. The van der Waals surface area contributed by atoms with Gasteiger partial charge in [-0.15, -0.1) is 0 Å². The molecule has 1 aromatic heterocycles. The molecule has 0 bridgehead atoms. The maximum Gasteiger partial charge on any atom is 0.193 e. The molecule has 3 nitrogen and oxygen atoms in total. The summed E-state index contributed by atoms with van der Waals surface area (Å²) in [6.07, 6.45) is 0. The van der Waals surface area contributed by atoms with Crippen LogP contribution in [-0.4, -0.2) is 7.11 Å². The van der Waals surface area contributed by atoms with Crippen LogP contribution in [0.3, 0.4) is 0 Å². The predicted molar refractivity (Wildman–Crippen MR) is 92.2 cm³/mol. The van der Waals surface area contributed by atoms with E-state index in [2.05, 4.69) is 21.2 Å². The number of rotatable bonds is 5. The molecule has 0 atom stereocenters. The van der Waals surface area contributed by atoms with Crippen molar-refractivity contribution in [1.82, 2.24) is 0 Å². The molecule has 1 heterocycles. The highest BCUT2D eigenvalue weighted by molar-refractivity contribution is 9.10. The Morgan fingerprint density at radius 1 is 1.05 bits per heavy atom. The second-order valence-corrected chi connectivity index (χ2v) is 5.79. The molecule has 0 fully saturated rings. The molecule has 0 aliphatic carbocycles. The van der Waals surface area contributed by atoms with Crippen LogP contribution in [0, 0.1) is 0 Å². The van der Waals surface area contributed by atoms with Gasteiger partial charge in [0.25, 0.3) is 0 Å². The van der Waals surface area contributed by atoms with Crippen LogP contribution >= 0.6 is 15.9 Å². The van der Waals surface area contributed by atoms with Gasteiger partial charge in [-0.1, -0.05) is 40.2 Å². The average molecular weight is 358 g/mol. The fourth-order valence-corrected chi connectivity index (χ4v) is 2.44. The molecule has 112 valence electrons. The van der Waals surface area contributed by atoms with Crippen LogP contribution in [0.5, 0.6) is 5.75 Å². The topological polar surface area (TPSA) is 34.4 Å². The maximum absolute atomic E-state index is 5.83. The van der Waals surface area contributed by atoms with E-state index in [1.807, 2.05) is 60.7 Å². The number of anilines is 1. The van der Waals surface area contributed by atoms with E-state index in [0.717, 1.165) is 33.0 Å². The van der Waals surface area contributed by atoms with Gasteiger partial charge in [-0.05, 0) is 35.9 Å². The van der Waals surface area contributed by atoms with Crippen LogP contribution in [-0.2, 0) is 6.54 Å². The van der Waals surface area contributed by atoms with Gasteiger partial charge in [0.1, 0.15) is 11.5 Å². The van der Waals surface area contributed by atoms with E-state index < -0.39 is 0 Å². The van der Waals surface area contributed by atoms with E-state index in [-0.39, 0.29) is 0 Å². The lowest BCUT2D eigenvalue weighted by Gasteiger charge is -2.05. The summed E-state index contributed by atoms with van der Waals surface area (Å²) in [4.78, 5) is 0. The number of ether oxygens (including phenoxy) is 1. The summed E-state index contributed by atoms with van der Waals surface area (Å²) < 4.78 is 12.1. The second kappa shape index (κ2) is 6.71. The van der Waals surface area contributed by atoms with Gasteiger partial charge < -0.3 is 14.5 Å². The Bertz CT molecular complexity index is 750. The second-order valence-electron chi connectivity index (χ2n) is 4.88. The van der Waals surface area contributed by atoms with Gasteiger partial charge in [0.2, 0.25) is 0 Å². The third kappa shape index (κ3) is 3.52. The molecular weight excluding hydrogens is 342 g/mol. The smallest absolute Gasteiger partial charge is 0.193 e. The van der Waals surface area contributed by atoms with Gasteiger partial charge in [0, 0.05) is 22.6 Å². The number of benzene rings is 2. The van der Waals surface area contributed by atoms with E-state index in [0.29, 0.717) is 6.54 Å². The van der Waals surface area contributed by atoms with Crippen LogP contribution < -0.4 is 10.1 Å². The third-order valence-electron chi connectivity index (χ3n) is 3.34. The standard InChI is InChI=1S/C18H16BrNO2/c1-21-16-4-2-3-13(11-16)12-20-18-10-9-17(22-18)14-5-7-15(19)8-6-14/h2-11,20H,12H2,1H3. The molecular formula is C18H16BrNO2. The first kappa shape index (κ1) is 14.7. The fourth-order valence-electron chi connectivity index (χ4n) is 2.17. The fraction of sp³-hybridized carbons (Fsp3) is 0.111. The highest BCUT2D eigenvalue weighted by Gasteiger charge is 2.05. The Morgan fingerprint density at radius 2 is 1.86 bits per heavy atom. The zero-order chi connectivity index (χ0) is 15.4. The maximum atomic E-state index is 5.83. The summed E-state index contributed by atoms with van der Waals surface area (Å²) in [6, 6.07) is 19.9. The summed E-state index contributed by atoms with van der Waals surface area (Å²) in [5, 5.41) is 3.28. The third-order valence-corrected chi connectivity index (χ3v) is 3.86. The zero-order valence-corrected chi connectivity index (χ0v) is 13.8. The number of nitrogens with one attached hydrogen (secondary N) is 1. The van der Waals surface area contributed by atoms with Crippen molar-refractivity contribution in [3.05, 3.63) is 70.7 Å². The summed E-state index contributed by atoms with van der Waals surface area (Å²) in [6.45, 7) is 0.685. The number of halogens is 1. The predicted octanol–water partition coefficient (Wildman–Crippen LogP) is 5.33. The van der Waals surface area contributed by atoms with Crippen LogP contribution in [0.25, 0.3) is 11.3 Å². The van der Waals surface area contributed by atoms with Crippen molar-refractivity contribution in [2.45, 2.75) is 6.54 Å². The van der Waals surface area contributed by atoms with Crippen molar-refractivity contribution in [3.8, 4) is 17.1 Å². The molecule has 4 heteroatoms. The van der Waals surface area contributed by atoms with E-state index in [1.54, 1.807) is 7.11 Å². The highest BCUT2D eigenvalue weighted by atomic mass is 79.9. The van der Waals surface area contributed by atoms with E-state index in [1.165, 1.54) is 0 Å². The number of hydrogen-bond acceptors (Lipinski definition) is 3. The molecule has 1 N–H and O–H groups in total. The van der Waals surface area contributed by atoms with Crippen LogP contribution in [0.4, 0.5) is 5.88 Å².